The first-order valence-electron chi connectivity index (χ1n) is 6.11. The Morgan fingerprint density at radius 1 is 1.61 bits per heavy atom. The third-order valence-electron chi connectivity index (χ3n) is 2.94. The van der Waals surface area contributed by atoms with Gasteiger partial charge in [-0.15, -0.1) is 0 Å². The topological polar surface area (TPSA) is 42.4 Å². The number of pyridine rings is 1. The number of hydrogen-bond acceptors (Lipinski definition) is 3. The molecule has 98 valence electrons. The van der Waals surface area contributed by atoms with E-state index in [4.69, 9.17) is 16.3 Å². The van der Waals surface area contributed by atoms with Crippen LogP contribution in [-0.2, 0) is 4.74 Å². The van der Waals surface area contributed by atoms with E-state index >= 15 is 0 Å². The molecule has 0 aromatic carbocycles. The van der Waals surface area contributed by atoms with Crippen molar-refractivity contribution in [3.05, 3.63) is 29.0 Å². The van der Waals surface area contributed by atoms with Crippen LogP contribution in [-0.4, -0.2) is 42.6 Å². The number of rotatable bonds is 6. The highest BCUT2D eigenvalue weighted by Crippen LogP contribution is 2.28. The average molecular weight is 269 g/mol. The van der Waals surface area contributed by atoms with Gasteiger partial charge in [-0.3, -0.25) is 4.79 Å². The number of aromatic nitrogens is 1. The molecule has 0 spiro atoms. The third-order valence-corrected chi connectivity index (χ3v) is 3.15. The lowest BCUT2D eigenvalue weighted by molar-refractivity contribution is 0.0681. The normalized spacial score (nSPS) is 14.6. The van der Waals surface area contributed by atoms with Gasteiger partial charge in [0.15, 0.2) is 0 Å². The maximum absolute atomic E-state index is 12.0. The van der Waals surface area contributed by atoms with Gasteiger partial charge in [0, 0.05) is 32.0 Å². The fourth-order valence-electron chi connectivity index (χ4n) is 1.59. The van der Waals surface area contributed by atoms with Crippen LogP contribution >= 0.6 is 11.6 Å². The molecule has 1 aromatic rings. The molecule has 4 nitrogen and oxygen atoms in total. The van der Waals surface area contributed by atoms with E-state index in [1.165, 1.54) is 19.0 Å². The molecule has 2 rings (SSSR count). The van der Waals surface area contributed by atoms with Gasteiger partial charge in [-0.2, -0.15) is 0 Å². The number of nitrogens with zero attached hydrogens (tertiary/aromatic N) is 2. The quantitative estimate of drug-likeness (QED) is 0.587. The first-order chi connectivity index (χ1) is 8.66. The van der Waals surface area contributed by atoms with Crippen LogP contribution in [0.25, 0.3) is 0 Å². The minimum Gasteiger partial charge on any atom is -0.379 e. The van der Waals surface area contributed by atoms with Crippen LogP contribution in [0.1, 0.15) is 23.2 Å². The highest BCUT2D eigenvalue weighted by molar-refractivity contribution is 6.29. The van der Waals surface area contributed by atoms with Crippen LogP contribution in [0.5, 0.6) is 0 Å². The molecule has 1 aromatic heterocycles. The Labute approximate surface area is 112 Å². The zero-order chi connectivity index (χ0) is 13.0. The smallest absolute Gasteiger partial charge is 0.253 e. The predicted octanol–water partition coefficient (Wildman–Crippen LogP) is 2.23. The molecule has 0 bridgehead atoms. The second kappa shape index (κ2) is 6.16. The van der Waals surface area contributed by atoms with E-state index in [1.54, 1.807) is 24.1 Å². The summed E-state index contributed by atoms with van der Waals surface area (Å²) in [7, 11) is 1.76. The van der Waals surface area contributed by atoms with E-state index in [0.29, 0.717) is 23.9 Å². The third kappa shape index (κ3) is 3.96. The second-order valence-electron chi connectivity index (χ2n) is 4.61. The van der Waals surface area contributed by atoms with E-state index < -0.39 is 0 Å². The fraction of sp³-hybridized carbons (Fsp3) is 0.538. The Morgan fingerprint density at radius 3 is 3.06 bits per heavy atom. The summed E-state index contributed by atoms with van der Waals surface area (Å²) in [6.45, 7) is 1.99. The molecule has 1 amide bonds. The molecule has 0 atom stereocenters. The van der Waals surface area contributed by atoms with Gasteiger partial charge in [0.2, 0.25) is 0 Å². The van der Waals surface area contributed by atoms with E-state index in [9.17, 15) is 4.79 Å². The van der Waals surface area contributed by atoms with Crippen molar-refractivity contribution < 1.29 is 9.53 Å². The Morgan fingerprint density at radius 2 is 2.39 bits per heavy atom. The minimum atomic E-state index is -0.0608. The van der Waals surface area contributed by atoms with E-state index in [1.807, 2.05) is 0 Å². The lowest BCUT2D eigenvalue weighted by Crippen LogP contribution is -2.30. The predicted molar refractivity (Wildman–Crippen MR) is 69.8 cm³/mol. The van der Waals surface area contributed by atoms with Crippen LogP contribution in [0.4, 0.5) is 0 Å². The lowest BCUT2D eigenvalue weighted by atomic mass is 10.2. The molecule has 1 fully saturated rings. The fourth-order valence-corrected chi connectivity index (χ4v) is 1.77. The summed E-state index contributed by atoms with van der Waals surface area (Å²) < 4.78 is 5.51. The highest BCUT2D eigenvalue weighted by Gasteiger charge is 2.21. The SMILES string of the molecule is CN(CCOCC1CC1)C(=O)c1ccnc(Cl)c1. The van der Waals surface area contributed by atoms with Gasteiger partial charge < -0.3 is 9.64 Å². The number of carbonyl (C=O) groups excluding carboxylic acids is 1. The second-order valence-corrected chi connectivity index (χ2v) is 5.00. The van der Waals surface area contributed by atoms with Crippen molar-refractivity contribution in [3.63, 3.8) is 0 Å². The summed E-state index contributed by atoms with van der Waals surface area (Å²) in [6.07, 6.45) is 4.10. The molecule has 1 saturated carbocycles. The lowest BCUT2D eigenvalue weighted by Gasteiger charge is -2.17. The van der Waals surface area contributed by atoms with Crippen molar-refractivity contribution >= 4 is 17.5 Å². The number of hydrogen-bond donors (Lipinski definition) is 0. The van der Waals surface area contributed by atoms with Crippen molar-refractivity contribution in [2.24, 2.45) is 5.92 Å². The summed E-state index contributed by atoms with van der Waals surface area (Å²) >= 11 is 5.76. The number of ether oxygens (including phenoxy) is 1. The summed E-state index contributed by atoms with van der Waals surface area (Å²) in [4.78, 5) is 17.5. The Bertz CT molecular complexity index is 421. The van der Waals surface area contributed by atoms with Gasteiger partial charge in [0.1, 0.15) is 5.15 Å². The number of likely N-dealkylation sites (N-methyl/N-ethyl adjacent to an activating group) is 1. The molecule has 1 aliphatic carbocycles. The van der Waals surface area contributed by atoms with E-state index in [0.717, 1.165) is 12.5 Å². The summed E-state index contributed by atoms with van der Waals surface area (Å²) in [5, 5.41) is 0.333. The van der Waals surface area contributed by atoms with E-state index in [-0.39, 0.29) is 5.91 Å². The molecule has 1 aliphatic rings. The zero-order valence-electron chi connectivity index (χ0n) is 10.4. The Kier molecular flexibility index (Phi) is 4.55. The molecule has 5 heteroatoms. The van der Waals surface area contributed by atoms with Crippen molar-refractivity contribution in [2.75, 3.05) is 26.8 Å². The largest absolute Gasteiger partial charge is 0.379 e. The molecule has 1 heterocycles. The van der Waals surface area contributed by atoms with Crippen molar-refractivity contribution in [1.82, 2.24) is 9.88 Å². The highest BCUT2D eigenvalue weighted by atomic mass is 35.5. The Hall–Kier alpha value is -1.13. The summed E-state index contributed by atoms with van der Waals surface area (Å²) in [5.74, 6) is 0.694. The van der Waals surface area contributed by atoms with Crippen molar-refractivity contribution in [2.45, 2.75) is 12.8 Å². The Balaban J connectivity index is 1.76. The molecule has 18 heavy (non-hydrogen) atoms. The van der Waals surface area contributed by atoms with Gasteiger partial charge in [-0.05, 0) is 30.9 Å². The molecule has 0 N–H and O–H groups in total. The molecular weight excluding hydrogens is 252 g/mol. The number of amides is 1. The molecule has 0 radical (unpaired) electrons. The molecule has 0 saturated heterocycles. The molecule has 0 unspecified atom stereocenters. The van der Waals surface area contributed by atoms with Gasteiger partial charge >= 0.3 is 0 Å². The van der Waals surface area contributed by atoms with Crippen LogP contribution in [0.2, 0.25) is 5.15 Å². The first-order valence-corrected chi connectivity index (χ1v) is 6.49. The van der Waals surface area contributed by atoms with E-state index in [2.05, 4.69) is 4.98 Å². The van der Waals surface area contributed by atoms with Crippen LogP contribution < -0.4 is 0 Å². The monoisotopic (exact) mass is 268 g/mol. The minimum absolute atomic E-state index is 0.0608. The van der Waals surface area contributed by atoms with Crippen molar-refractivity contribution in [1.29, 1.82) is 0 Å². The number of carbonyl (C=O) groups is 1. The first kappa shape index (κ1) is 13.3. The van der Waals surface area contributed by atoms with Crippen LogP contribution in [0.3, 0.4) is 0 Å². The zero-order valence-corrected chi connectivity index (χ0v) is 11.2. The van der Waals surface area contributed by atoms with Gasteiger partial charge in [-0.25, -0.2) is 4.98 Å². The average Bonchev–Trinajstić information content (AvgIpc) is 3.17. The van der Waals surface area contributed by atoms with Crippen LogP contribution in [0.15, 0.2) is 18.3 Å². The summed E-state index contributed by atoms with van der Waals surface area (Å²) in [6, 6.07) is 3.24. The van der Waals surface area contributed by atoms with Gasteiger partial charge in [-0.1, -0.05) is 11.6 Å². The standard InChI is InChI=1S/C13H17ClN2O2/c1-16(6-7-18-9-10-2-3-10)13(17)11-4-5-15-12(14)8-11/h4-5,8,10H,2-3,6-7,9H2,1H3. The summed E-state index contributed by atoms with van der Waals surface area (Å²) in [5.41, 5.74) is 0.555. The van der Waals surface area contributed by atoms with Crippen molar-refractivity contribution in [3.8, 4) is 0 Å². The van der Waals surface area contributed by atoms with Crippen LogP contribution in [0, 0.1) is 5.92 Å². The number of halogens is 1. The van der Waals surface area contributed by atoms with Gasteiger partial charge in [0.25, 0.3) is 5.91 Å². The van der Waals surface area contributed by atoms with Gasteiger partial charge in [0.05, 0.1) is 6.61 Å². The maximum Gasteiger partial charge on any atom is 0.253 e. The maximum atomic E-state index is 12.0. The molecular formula is C13H17ClN2O2. The molecule has 0 aliphatic heterocycles.